The van der Waals surface area contributed by atoms with Crippen LogP contribution in [0.3, 0.4) is 0 Å². The molecule has 0 radical (unpaired) electrons. The molecule has 0 spiro atoms. The summed E-state index contributed by atoms with van der Waals surface area (Å²) in [5.41, 5.74) is -2.60. The van der Waals surface area contributed by atoms with Gasteiger partial charge in [0, 0.05) is 33.2 Å². The molecule has 0 aliphatic carbocycles. The van der Waals surface area contributed by atoms with Crippen molar-refractivity contribution in [3.63, 3.8) is 0 Å². The number of nitrogen functional groups attached to an aromatic ring is 1. The van der Waals surface area contributed by atoms with Crippen molar-refractivity contribution in [3.8, 4) is 5.69 Å². The minimum atomic E-state index is -4.98. The number of carbonyl (C=O) groups is 3. The van der Waals surface area contributed by atoms with Gasteiger partial charge in [-0.1, -0.05) is 23.2 Å². The van der Waals surface area contributed by atoms with Crippen LogP contribution < -0.4 is 17.0 Å². The van der Waals surface area contributed by atoms with E-state index < -0.39 is 87.1 Å². The lowest BCUT2D eigenvalue weighted by molar-refractivity contribution is -0.141. The highest BCUT2D eigenvalue weighted by atomic mass is 35.5. The first-order valence-electron chi connectivity index (χ1n) is 13.3. The molecule has 0 bridgehead atoms. The number of aromatic amines is 1. The van der Waals surface area contributed by atoms with E-state index in [1.807, 2.05) is 0 Å². The topological polar surface area (TPSA) is 238 Å². The fourth-order valence-corrected chi connectivity index (χ4v) is 3.75. The molecule has 1 aromatic heterocycles. The number of aromatic nitrogens is 2. The van der Waals surface area contributed by atoms with Crippen LogP contribution in [0.15, 0.2) is 56.7 Å². The number of aromatic carboxylic acids is 2. The Balaban J connectivity index is 0.000000401. The summed E-state index contributed by atoms with van der Waals surface area (Å²) >= 11 is 10.9. The van der Waals surface area contributed by atoms with Crippen LogP contribution in [-0.2, 0) is 15.7 Å². The number of hydrogen-bond donors (Lipinski definition) is 6. The summed E-state index contributed by atoms with van der Waals surface area (Å²) in [4.78, 5) is 59.6. The van der Waals surface area contributed by atoms with Gasteiger partial charge in [0.05, 0.1) is 32.5 Å². The first kappa shape index (κ1) is 45.3. The first-order valence-corrected chi connectivity index (χ1v) is 14.1. The van der Waals surface area contributed by atoms with E-state index in [1.54, 1.807) is 0 Å². The molecule has 1 atom stereocenters. The molecular weight excluding hydrogens is 789 g/mol. The second-order valence-electron chi connectivity index (χ2n) is 9.77. The molecule has 2 aromatic carbocycles. The molecule has 0 amide bonds. The number of nitrogens with two attached hydrogens (primary N) is 1. The molecule has 0 fully saturated rings. The SMILES string of the molecule is CC(=O)O.CN(C)C1=NC(C(F)(F)F)=CC(O)O1.Nc1cc(C(=O)O)c(Cl)cc1F.O=C(O)c1cc(-n2c(=O)cc(C(F)(F)F)[nH]c2=O)c(F)cc1Cl. The Labute approximate surface area is 299 Å². The van der Waals surface area contributed by atoms with Gasteiger partial charge in [0.25, 0.3) is 17.6 Å². The van der Waals surface area contributed by atoms with Crippen molar-refractivity contribution in [2.75, 3.05) is 19.8 Å². The Morgan fingerprint density at radius 2 is 1.36 bits per heavy atom. The Morgan fingerprint density at radius 3 is 1.77 bits per heavy atom. The van der Waals surface area contributed by atoms with Gasteiger partial charge >= 0.3 is 30.0 Å². The number of aliphatic hydroxyl groups excluding tert-OH is 1. The highest BCUT2D eigenvalue weighted by Crippen LogP contribution is 2.29. The van der Waals surface area contributed by atoms with Gasteiger partial charge in [0.1, 0.15) is 17.3 Å². The number of H-pyrrole nitrogens is 1. The number of carboxylic acid groups (broad SMARTS) is 3. The van der Waals surface area contributed by atoms with E-state index >= 15 is 0 Å². The lowest BCUT2D eigenvalue weighted by atomic mass is 10.2. The number of benzene rings is 2. The molecule has 290 valence electrons. The Hall–Kier alpha value is -5.68. The second kappa shape index (κ2) is 18.2. The molecule has 1 aliphatic rings. The third-order valence-electron chi connectivity index (χ3n) is 5.48. The Bertz CT molecular complexity index is 2010. The van der Waals surface area contributed by atoms with Crippen LogP contribution >= 0.6 is 23.2 Å². The molecule has 4 rings (SSSR count). The number of hydrogen-bond acceptors (Lipinski definition) is 10. The van der Waals surface area contributed by atoms with Crippen molar-refractivity contribution >= 4 is 52.8 Å². The Kier molecular flexibility index (Phi) is 15.6. The summed E-state index contributed by atoms with van der Waals surface area (Å²) in [5.74, 6) is -5.61. The fourth-order valence-electron chi connectivity index (χ4n) is 3.29. The molecule has 1 aliphatic heterocycles. The van der Waals surface area contributed by atoms with Gasteiger partial charge in [-0.3, -0.25) is 9.59 Å². The van der Waals surface area contributed by atoms with Crippen LogP contribution in [0, 0.1) is 11.6 Å². The zero-order chi connectivity index (χ0) is 41.3. The summed E-state index contributed by atoms with van der Waals surface area (Å²) < 4.78 is 105. The van der Waals surface area contributed by atoms with Gasteiger partial charge in [-0.05, 0) is 24.3 Å². The van der Waals surface area contributed by atoms with E-state index in [-0.39, 0.29) is 32.9 Å². The van der Waals surface area contributed by atoms with Gasteiger partial charge < -0.3 is 40.8 Å². The number of carboxylic acids is 3. The normalized spacial score (nSPS) is 13.6. The second-order valence-corrected chi connectivity index (χ2v) is 10.6. The van der Waals surface area contributed by atoms with Crippen LogP contribution in [0.1, 0.15) is 33.3 Å². The zero-order valence-electron chi connectivity index (χ0n) is 26.5. The molecule has 15 nitrogen and oxygen atoms in total. The number of aliphatic hydroxyl groups is 1. The fraction of sp³-hybridized carbons (Fsp3) is 0.214. The standard InChI is InChI=1S/C12H5ClF4N2O4.C7H5ClFNO2.C7H9F3N2O2.C2H4O2/c13-5-2-6(14)7(1-4(5)10(21)22)19-9(20)3-8(12(15,16)17)18-11(19)23;8-4-2-5(9)6(10)1-3(4)7(11)12;1-12(2)6-11-4(7(8,9)10)3-5(13)14-6;1-2(3)4/h1-3H,(H,18,23)(H,21,22);1-2H,10H2,(H,11,12);3,5,13H,1-2H3;1H3,(H,3,4). The number of ether oxygens (including phenoxy) is 1. The number of alkyl halides is 6. The molecule has 3 aromatic rings. The van der Waals surface area contributed by atoms with E-state index in [1.165, 1.54) is 24.0 Å². The van der Waals surface area contributed by atoms with Gasteiger partial charge in [0.2, 0.25) is 6.29 Å². The maximum atomic E-state index is 13.9. The third-order valence-corrected chi connectivity index (χ3v) is 6.10. The molecule has 0 saturated carbocycles. The van der Waals surface area contributed by atoms with Crippen molar-refractivity contribution in [2.24, 2.45) is 4.99 Å². The third kappa shape index (κ3) is 13.4. The van der Waals surface area contributed by atoms with Gasteiger partial charge in [-0.15, -0.1) is 0 Å². The van der Waals surface area contributed by atoms with Crippen molar-refractivity contribution in [3.05, 3.63) is 101 Å². The predicted molar refractivity (Wildman–Crippen MR) is 168 cm³/mol. The smallest absolute Gasteiger partial charge is 0.433 e. The van der Waals surface area contributed by atoms with E-state index in [9.17, 15) is 54.3 Å². The molecule has 0 saturated heterocycles. The van der Waals surface area contributed by atoms with Crippen molar-refractivity contribution in [2.45, 2.75) is 25.6 Å². The predicted octanol–water partition coefficient (Wildman–Crippen LogP) is 4.58. The van der Waals surface area contributed by atoms with Crippen LogP contribution in [0.2, 0.25) is 10.0 Å². The Morgan fingerprint density at radius 1 is 0.887 bits per heavy atom. The van der Waals surface area contributed by atoms with Crippen LogP contribution in [-0.4, -0.2) is 85.4 Å². The minimum Gasteiger partial charge on any atom is -0.481 e. The number of rotatable bonds is 3. The van der Waals surface area contributed by atoms with Gasteiger partial charge in [0.15, 0.2) is 5.70 Å². The number of aliphatic carboxylic acids is 1. The summed E-state index contributed by atoms with van der Waals surface area (Å²) in [6.45, 7) is 1.08. The first-order chi connectivity index (χ1) is 24.1. The number of anilines is 1. The molecule has 2 heterocycles. The van der Waals surface area contributed by atoms with Gasteiger partial charge in [-0.2, -0.15) is 31.3 Å². The maximum absolute atomic E-state index is 13.9. The van der Waals surface area contributed by atoms with E-state index in [4.69, 9.17) is 54.2 Å². The molecule has 53 heavy (non-hydrogen) atoms. The monoisotopic (exact) mass is 811 g/mol. The molecule has 25 heteroatoms. The van der Waals surface area contributed by atoms with E-state index in [0.29, 0.717) is 18.2 Å². The molecule has 1 unspecified atom stereocenters. The van der Waals surface area contributed by atoms with E-state index in [0.717, 1.165) is 19.1 Å². The zero-order valence-corrected chi connectivity index (χ0v) is 28.0. The summed E-state index contributed by atoms with van der Waals surface area (Å²) in [6, 6.07) is 2.75. The van der Waals surface area contributed by atoms with Crippen LogP contribution in [0.5, 0.6) is 0 Å². The lowest BCUT2D eigenvalue weighted by Crippen LogP contribution is -2.36. The summed E-state index contributed by atoms with van der Waals surface area (Å²) in [6.07, 6.45) is -10.7. The summed E-state index contributed by atoms with van der Waals surface area (Å²) in [7, 11) is 2.93. The van der Waals surface area contributed by atoms with Crippen molar-refractivity contribution in [1.29, 1.82) is 0 Å². The highest BCUT2D eigenvalue weighted by Gasteiger charge is 2.37. The van der Waals surface area contributed by atoms with E-state index in [2.05, 4.69) is 9.73 Å². The number of amidine groups is 1. The van der Waals surface area contributed by atoms with Gasteiger partial charge in [-0.25, -0.2) is 27.7 Å². The van der Waals surface area contributed by atoms with Crippen molar-refractivity contribution < 1.29 is 74.7 Å². The highest BCUT2D eigenvalue weighted by molar-refractivity contribution is 6.34. The number of aliphatic imine (C=N–C) groups is 1. The number of halogens is 10. The van der Waals surface area contributed by atoms with Crippen LogP contribution in [0.4, 0.5) is 40.8 Å². The molecule has 7 N–H and O–H groups in total. The molecular formula is C28H23Cl2F8N5O10. The quantitative estimate of drug-likeness (QED) is 0.157. The largest absolute Gasteiger partial charge is 0.481 e. The average Bonchev–Trinajstić information content (AvgIpc) is 2.98. The number of nitrogens with zero attached hydrogens (tertiary/aromatic N) is 3. The van der Waals surface area contributed by atoms with Crippen LogP contribution in [0.25, 0.3) is 5.69 Å². The number of allylic oxidation sites excluding steroid dienone is 1. The lowest BCUT2D eigenvalue weighted by Gasteiger charge is -2.23. The van der Waals surface area contributed by atoms with Crippen molar-refractivity contribution in [1.82, 2.24) is 14.5 Å². The summed E-state index contributed by atoms with van der Waals surface area (Å²) in [5, 5.41) is 33.1. The average molecular weight is 812 g/mol. The minimum absolute atomic E-state index is 0.0351. The number of nitrogens with one attached hydrogen (secondary N) is 1. The maximum Gasteiger partial charge on any atom is 0.433 e.